The first-order valence-corrected chi connectivity index (χ1v) is 10.6. The van der Waals surface area contributed by atoms with Crippen LogP contribution in [0.25, 0.3) is 0 Å². The van der Waals surface area contributed by atoms with Gasteiger partial charge in [0.25, 0.3) is 0 Å². The summed E-state index contributed by atoms with van der Waals surface area (Å²) < 4.78 is 0. The first kappa shape index (κ1) is 22.4. The SMILES string of the molecule is CCC(C)Nc1ccc(NC(C)CC)cc1.c1ccc(Nc2ccccc2)cc1. The maximum atomic E-state index is 3.46. The highest BCUT2D eigenvalue weighted by Gasteiger charge is 2.00. The minimum Gasteiger partial charge on any atom is -0.383 e. The molecule has 0 radical (unpaired) electrons. The summed E-state index contributed by atoms with van der Waals surface area (Å²) in [4.78, 5) is 0. The van der Waals surface area contributed by atoms with E-state index >= 15 is 0 Å². The fourth-order valence-corrected chi connectivity index (χ4v) is 2.65. The Morgan fingerprint density at radius 2 is 0.862 bits per heavy atom. The van der Waals surface area contributed by atoms with Crippen molar-refractivity contribution in [2.75, 3.05) is 16.0 Å². The van der Waals surface area contributed by atoms with Crippen molar-refractivity contribution in [3.8, 4) is 0 Å². The lowest BCUT2D eigenvalue weighted by atomic mass is 10.2. The van der Waals surface area contributed by atoms with E-state index < -0.39 is 0 Å². The molecule has 0 fully saturated rings. The molecule has 0 spiro atoms. The topological polar surface area (TPSA) is 36.1 Å². The van der Waals surface area contributed by atoms with Gasteiger partial charge in [0.15, 0.2) is 0 Å². The van der Waals surface area contributed by atoms with Gasteiger partial charge >= 0.3 is 0 Å². The van der Waals surface area contributed by atoms with Crippen LogP contribution in [0.15, 0.2) is 84.9 Å². The minimum absolute atomic E-state index is 0.536. The molecular weight excluding hydrogens is 354 g/mol. The van der Waals surface area contributed by atoms with Gasteiger partial charge in [0.05, 0.1) is 0 Å². The van der Waals surface area contributed by atoms with E-state index in [-0.39, 0.29) is 0 Å². The van der Waals surface area contributed by atoms with E-state index in [9.17, 15) is 0 Å². The normalized spacial score (nSPS) is 12.1. The maximum Gasteiger partial charge on any atom is 0.0384 e. The van der Waals surface area contributed by atoms with Crippen molar-refractivity contribution in [2.24, 2.45) is 0 Å². The summed E-state index contributed by atoms with van der Waals surface area (Å²) in [7, 11) is 0. The monoisotopic (exact) mass is 389 g/mol. The third kappa shape index (κ3) is 8.73. The predicted octanol–water partition coefficient (Wildman–Crippen LogP) is 7.54. The van der Waals surface area contributed by atoms with Crippen LogP contribution in [0.4, 0.5) is 22.7 Å². The van der Waals surface area contributed by atoms with Crippen molar-refractivity contribution < 1.29 is 0 Å². The lowest BCUT2D eigenvalue weighted by Gasteiger charge is -2.15. The summed E-state index contributed by atoms with van der Waals surface area (Å²) in [5, 5.41) is 10.2. The van der Waals surface area contributed by atoms with Gasteiger partial charge in [-0.15, -0.1) is 0 Å². The Labute approximate surface area is 176 Å². The van der Waals surface area contributed by atoms with Gasteiger partial charge in [0.1, 0.15) is 0 Å². The number of anilines is 4. The Kier molecular flexibility index (Phi) is 9.64. The molecule has 3 rings (SSSR count). The van der Waals surface area contributed by atoms with Crippen molar-refractivity contribution >= 4 is 22.7 Å². The second kappa shape index (κ2) is 12.5. The summed E-state index contributed by atoms with van der Waals surface area (Å²) in [6.07, 6.45) is 2.29. The van der Waals surface area contributed by atoms with Crippen LogP contribution in [-0.2, 0) is 0 Å². The molecule has 0 aliphatic carbocycles. The van der Waals surface area contributed by atoms with E-state index in [1.165, 1.54) is 11.4 Å². The summed E-state index contributed by atoms with van der Waals surface area (Å²) in [5.74, 6) is 0. The molecule has 3 heteroatoms. The molecule has 0 amide bonds. The van der Waals surface area contributed by atoms with E-state index in [1.54, 1.807) is 0 Å². The Bertz CT molecular complexity index is 717. The first-order chi connectivity index (χ1) is 14.1. The summed E-state index contributed by atoms with van der Waals surface area (Å²) in [5.41, 5.74) is 4.63. The highest BCUT2D eigenvalue weighted by atomic mass is 14.9. The molecule has 0 aliphatic heterocycles. The van der Waals surface area contributed by atoms with Gasteiger partial charge in [0.2, 0.25) is 0 Å². The summed E-state index contributed by atoms with van der Waals surface area (Å²) in [6.45, 7) is 8.78. The molecule has 0 aliphatic rings. The molecule has 0 aromatic heterocycles. The molecule has 154 valence electrons. The highest BCUT2D eigenvalue weighted by Crippen LogP contribution is 2.16. The van der Waals surface area contributed by atoms with Gasteiger partial charge in [-0.1, -0.05) is 50.2 Å². The number of rotatable bonds is 8. The standard InChI is InChI=1S/C14H24N2.C12H11N/c1-5-11(3)15-13-7-9-14(10-8-13)16-12(4)6-2;1-3-7-11(8-4-1)13-12-9-5-2-6-10-12/h7-12,15-16H,5-6H2,1-4H3;1-10,13H. The van der Waals surface area contributed by atoms with E-state index in [0.717, 1.165) is 24.2 Å². The smallest absolute Gasteiger partial charge is 0.0384 e. The lowest BCUT2D eigenvalue weighted by Crippen LogP contribution is -2.14. The third-order valence-electron chi connectivity index (χ3n) is 4.77. The zero-order valence-electron chi connectivity index (χ0n) is 18.2. The number of hydrogen-bond acceptors (Lipinski definition) is 3. The van der Waals surface area contributed by atoms with Gasteiger partial charge in [-0.2, -0.15) is 0 Å². The Balaban J connectivity index is 0.000000211. The van der Waals surface area contributed by atoms with Crippen LogP contribution in [-0.4, -0.2) is 12.1 Å². The molecule has 0 saturated heterocycles. The molecule has 29 heavy (non-hydrogen) atoms. The average Bonchev–Trinajstić information content (AvgIpc) is 2.77. The van der Waals surface area contributed by atoms with Crippen molar-refractivity contribution in [2.45, 2.75) is 52.6 Å². The van der Waals surface area contributed by atoms with Crippen LogP contribution in [0.1, 0.15) is 40.5 Å². The first-order valence-electron chi connectivity index (χ1n) is 10.6. The van der Waals surface area contributed by atoms with Crippen LogP contribution < -0.4 is 16.0 Å². The molecule has 3 N–H and O–H groups in total. The molecule has 3 aromatic rings. The van der Waals surface area contributed by atoms with Gasteiger partial charge in [-0.25, -0.2) is 0 Å². The van der Waals surface area contributed by atoms with Crippen molar-refractivity contribution in [3.63, 3.8) is 0 Å². The van der Waals surface area contributed by atoms with E-state index in [1.807, 2.05) is 60.7 Å². The minimum atomic E-state index is 0.536. The Morgan fingerprint density at radius 1 is 0.517 bits per heavy atom. The second-order valence-electron chi connectivity index (χ2n) is 7.34. The van der Waals surface area contributed by atoms with Crippen molar-refractivity contribution in [1.82, 2.24) is 0 Å². The summed E-state index contributed by atoms with van der Waals surface area (Å²) >= 11 is 0. The molecule has 0 bridgehead atoms. The molecule has 2 unspecified atom stereocenters. The van der Waals surface area contributed by atoms with Gasteiger partial charge in [-0.05, 0) is 75.2 Å². The molecule has 2 atom stereocenters. The largest absolute Gasteiger partial charge is 0.383 e. The molecule has 0 saturated carbocycles. The maximum absolute atomic E-state index is 3.46. The fourth-order valence-electron chi connectivity index (χ4n) is 2.65. The summed E-state index contributed by atoms with van der Waals surface area (Å²) in [6, 6.07) is 29.9. The zero-order valence-corrected chi connectivity index (χ0v) is 18.2. The predicted molar refractivity (Wildman–Crippen MR) is 129 cm³/mol. The molecule has 0 heterocycles. The number of benzene rings is 3. The van der Waals surface area contributed by atoms with Crippen LogP contribution in [0, 0.1) is 0 Å². The van der Waals surface area contributed by atoms with Gasteiger partial charge in [0, 0.05) is 34.8 Å². The van der Waals surface area contributed by atoms with E-state index in [4.69, 9.17) is 0 Å². The lowest BCUT2D eigenvalue weighted by molar-refractivity contribution is 0.761. The second-order valence-corrected chi connectivity index (χ2v) is 7.34. The van der Waals surface area contributed by atoms with Crippen LogP contribution in [0.5, 0.6) is 0 Å². The quantitative estimate of drug-likeness (QED) is 0.372. The molecule has 3 nitrogen and oxygen atoms in total. The number of hydrogen-bond donors (Lipinski definition) is 3. The molecule has 3 aromatic carbocycles. The van der Waals surface area contributed by atoms with Crippen molar-refractivity contribution in [1.29, 1.82) is 0 Å². The Morgan fingerprint density at radius 3 is 1.17 bits per heavy atom. The number of nitrogens with one attached hydrogen (secondary N) is 3. The van der Waals surface area contributed by atoms with Crippen molar-refractivity contribution in [3.05, 3.63) is 84.9 Å². The van der Waals surface area contributed by atoms with Crippen LogP contribution in [0.3, 0.4) is 0 Å². The zero-order chi connectivity index (χ0) is 20.9. The van der Waals surface area contributed by atoms with E-state index in [2.05, 4.69) is 67.9 Å². The van der Waals surface area contributed by atoms with Gasteiger partial charge in [-0.3, -0.25) is 0 Å². The van der Waals surface area contributed by atoms with Crippen LogP contribution >= 0.6 is 0 Å². The third-order valence-corrected chi connectivity index (χ3v) is 4.77. The van der Waals surface area contributed by atoms with Gasteiger partial charge < -0.3 is 16.0 Å². The number of para-hydroxylation sites is 2. The van der Waals surface area contributed by atoms with E-state index in [0.29, 0.717) is 12.1 Å². The highest BCUT2D eigenvalue weighted by molar-refractivity contribution is 5.58. The Hall–Kier alpha value is -2.94. The van der Waals surface area contributed by atoms with Crippen LogP contribution in [0.2, 0.25) is 0 Å². The molecular formula is C26H35N3. The average molecular weight is 390 g/mol. The fraction of sp³-hybridized carbons (Fsp3) is 0.308.